The molecule has 22 heavy (non-hydrogen) atoms. The van der Waals surface area contributed by atoms with E-state index in [9.17, 15) is 0 Å². The molecule has 1 unspecified atom stereocenters. The van der Waals surface area contributed by atoms with Gasteiger partial charge in [-0.25, -0.2) is 9.97 Å². The molecule has 1 aliphatic carbocycles. The molecule has 1 saturated carbocycles. The minimum Gasteiger partial charge on any atom is -0.244 e. The van der Waals surface area contributed by atoms with Crippen molar-refractivity contribution in [3.63, 3.8) is 0 Å². The Hall–Kier alpha value is -1.70. The van der Waals surface area contributed by atoms with Crippen molar-refractivity contribution in [3.8, 4) is 11.1 Å². The number of rotatable bonds is 3. The molecule has 2 aromatic rings. The molecule has 3 rings (SSSR count). The number of hydrogen-bond acceptors (Lipinski definition) is 2. The highest BCUT2D eigenvalue weighted by Gasteiger charge is 2.33. The summed E-state index contributed by atoms with van der Waals surface area (Å²) in [5, 5.41) is 0. The smallest absolute Gasteiger partial charge is 0.115 e. The lowest BCUT2D eigenvalue weighted by atomic mass is 9.75. The number of nitrogens with zero attached hydrogens (tertiary/aromatic N) is 2. The van der Waals surface area contributed by atoms with Crippen molar-refractivity contribution < 1.29 is 0 Å². The lowest BCUT2D eigenvalue weighted by molar-refractivity contribution is 0.562. The van der Waals surface area contributed by atoms with Gasteiger partial charge in [-0.2, -0.15) is 0 Å². The second-order valence-electron chi connectivity index (χ2n) is 7.78. The van der Waals surface area contributed by atoms with E-state index in [4.69, 9.17) is 0 Å². The number of aromatic nitrogens is 2. The van der Waals surface area contributed by atoms with Crippen LogP contribution in [0, 0.1) is 12.8 Å². The molecule has 2 heteroatoms. The fourth-order valence-electron chi connectivity index (χ4n) is 3.53. The Kier molecular flexibility index (Phi) is 3.80. The maximum absolute atomic E-state index is 4.22. The van der Waals surface area contributed by atoms with E-state index in [0.717, 1.165) is 11.5 Å². The zero-order chi connectivity index (χ0) is 15.9. The standard InChI is InChI=1S/C20H26N2/c1-13-8-17(14(2)15-6-7-15)19(20(3,4)5)18(9-13)16-10-21-12-22-11-16/h8-12,14-15H,6-7H2,1-5H3. The van der Waals surface area contributed by atoms with Gasteiger partial charge in [-0.3, -0.25) is 0 Å². The highest BCUT2D eigenvalue weighted by molar-refractivity contribution is 5.70. The molecule has 1 aromatic heterocycles. The van der Waals surface area contributed by atoms with Crippen LogP contribution in [0.2, 0.25) is 0 Å². The van der Waals surface area contributed by atoms with Crippen molar-refractivity contribution in [3.05, 3.63) is 47.5 Å². The van der Waals surface area contributed by atoms with E-state index in [2.05, 4.69) is 56.7 Å². The van der Waals surface area contributed by atoms with Crippen LogP contribution in [0.25, 0.3) is 11.1 Å². The van der Waals surface area contributed by atoms with Gasteiger partial charge in [0, 0.05) is 18.0 Å². The van der Waals surface area contributed by atoms with Crippen LogP contribution in [-0.4, -0.2) is 9.97 Å². The summed E-state index contributed by atoms with van der Waals surface area (Å²) in [6.45, 7) is 11.5. The van der Waals surface area contributed by atoms with Gasteiger partial charge < -0.3 is 0 Å². The van der Waals surface area contributed by atoms with E-state index < -0.39 is 0 Å². The summed E-state index contributed by atoms with van der Waals surface area (Å²) < 4.78 is 0. The van der Waals surface area contributed by atoms with E-state index >= 15 is 0 Å². The van der Waals surface area contributed by atoms with E-state index in [0.29, 0.717) is 5.92 Å². The molecule has 0 aliphatic heterocycles. The van der Waals surface area contributed by atoms with Crippen LogP contribution in [0.3, 0.4) is 0 Å². The first-order valence-corrected chi connectivity index (χ1v) is 8.28. The molecule has 2 nitrogen and oxygen atoms in total. The maximum atomic E-state index is 4.22. The maximum Gasteiger partial charge on any atom is 0.115 e. The first kappa shape index (κ1) is 15.2. The molecule has 0 amide bonds. The molecule has 1 heterocycles. The molecule has 0 spiro atoms. The second-order valence-corrected chi connectivity index (χ2v) is 7.78. The van der Waals surface area contributed by atoms with Gasteiger partial charge in [-0.1, -0.05) is 45.4 Å². The molecule has 1 aromatic carbocycles. The van der Waals surface area contributed by atoms with Crippen LogP contribution < -0.4 is 0 Å². The van der Waals surface area contributed by atoms with E-state index in [1.54, 1.807) is 6.33 Å². The largest absolute Gasteiger partial charge is 0.244 e. The molecule has 1 aliphatic rings. The van der Waals surface area contributed by atoms with Crippen molar-refractivity contribution in [2.45, 2.75) is 58.8 Å². The predicted octanol–water partition coefficient (Wildman–Crippen LogP) is 5.26. The lowest BCUT2D eigenvalue weighted by Gasteiger charge is -2.30. The Morgan fingerprint density at radius 1 is 1.09 bits per heavy atom. The van der Waals surface area contributed by atoms with E-state index in [1.165, 1.54) is 35.1 Å². The van der Waals surface area contributed by atoms with Gasteiger partial charge in [-0.15, -0.1) is 0 Å². The van der Waals surface area contributed by atoms with Crippen molar-refractivity contribution in [2.75, 3.05) is 0 Å². The van der Waals surface area contributed by atoms with E-state index in [1.807, 2.05) is 12.4 Å². The van der Waals surface area contributed by atoms with Crippen molar-refractivity contribution in [1.82, 2.24) is 9.97 Å². The Bertz CT molecular complexity index is 664. The monoisotopic (exact) mass is 294 g/mol. The third-order valence-electron chi connectivity index (χ3n) is 4.75. The molecular weight excluding hydrogens is 268 g/mol. The summed E-state index contributed by atoms with van der Waals surface area (Å²) in [6.07, 6.45) is 8.22. The molecule has 0 radical (unpaired) electrons. The van der Waals surface area contributed by atoms with Gasteiger partial charge in [0.25, 0.3) is 0 Å². The van der Waals surface area contributed by atoms with Gasteiger partial charge in [0.15, 0.2) is 0 Å². The highest BCUT2D eigenvalue weighted by atomic mass is 14.8. The van der Waals surface area contributed by atoms with Gasteiger partial charge in [-0.05, 0) is 53.7 Å². The summed E-state index contributed by atoms with van der Waals surface area (Å²) in [5.41, 5.74) is 6.85. The summed E-state index contributed by atoms with van der Waals surface area (Å²) in [7, 11) is 0. The molecule has 1 atom stereocenters. The average molecular weight is 294 g/mol. The summed E-state index contributed by atoms with van der Waals surface area (Å²) >= 11 is 0. The van der Waals surface area contributed by atoms with Gasteiger partial charge in [0.1, 0.15) is 6.33 Å². The molecule has 0 saturated heterocycles. The van der Waals surface area contributed by atoms with Crippen molar-refractivity contribution in [1.29, 1.82) is 0 Å². The van der Waals surface area contributed by atoms with Gasteiger partial charge in [0.2, 0.25) is 0 Å². The molecular formula is C20H26N2. The fourth-order valence-corrected chi connectivity index (χ4v) is 3.53. The van der Waals surface area contributed by atoms with Gasteiger partial charge >= 0.3 is 0 Å². The lowest BCUT2D eigenvalue weighted by Crippen LogP contribution is -2.18. The van der Waals surface area contributed by atoms with Crippen LogP contribution in [0.4, 0.5) is 0 Å². The van der Waals surface area contributed by atoms with Crippen molar-refractivity contribution in [2.24, 2.45) is 5.92 Å². The molecule has 116 valence electrons. The highest BCUT2D eigenvalue weighted by Crippen LogP contribution is 2.47. The minimum atomic E-state index is 0.108. The normalized spacial score (nSPS) is 16.6. The Morgan fingerprint density at radius 3 is 2.27 bits per heavy atom. The second kappa shape index (κ2) is 5.49. The Morgan fingerprint density at radius 2 is 1.73 bits per heavy atom. The van der Waals surface area contributed by atoms with Crippen LogP contribution in [0.1, 0.15) is 63.1 Å². The number of aryl methyl sites for hydroxylation is 1. The Labute approximate surface area is 134 Å². The summed E-state index contributed by atoms with van der Waals surface area (Å²) in [4.78, 5) is 8.45. The first-order chi connectivity index (χ1) is 10.4. The quantitative estimate of drug-likeness (QED) is 0.771. The topological polar surface area (TPSA) is 25.8 Å². The molecule has 0 bridgehead atoms. The number of hydrogen-bond donors (Lipinski definition) is 0. The average Bonchev–Trinajstić information content (AvgIpc) is 3.30. The molecule has 1 fully saturated rings. The number of benzene rings is 1. The summed E-state index contributed by atoms with van der Waals surface area (Å²) in [6, 6.07) is 4.69. The fraction of sp³-hybridized carbons (Fsp3) is 0.500. The van der Waals surface area contributed by atoms with Crippen LogP contribution in [0.15, 0.2) is 30.9 Å². The summed E-state index contributed by atoms with van der Waals surface area (Å²) in [5.74, 6) is 1.50. The Balaban J connectivity index is 2.24. The SMILES string of the molecule is Cc1cc(-c2cncnc2)c(C(C)(C)C)c(C(C)C2CC2)c1. The zero-order valence-corrected chi connectivity index (χ0v) is 14.4. The molecule has 0 N–H and O–H groups in total. The first-order valence-electron chi connectivity index (χ1n) is 8.28. The third-order valence-corrected chi connectivity index (χ3v) is 4.75. The van der Waals surface area contributed by atoms with Crippen LogP contribution in [-0.2, 0) is 5.41 Å². The van der Waals surface area contributed by atoms with Crippen molar-refractivity contribution >= 4 is 0 Å². The minimum absolute atomic E-state index is 0.108. The van der Waals surface area contributed by atoms with E-state index in [-0.39, 0.29) is 5.41 Å². The predicted molar refractivity (Wildman–Crippen MR) is 92.0 cm³/mol. The third kappa shape index (κ3) is 2.92. The van der Waals surface area contributed by atoms with Gasteiger partial charge in [0.05, 0.1) is 0 Å². The van der Waals surface area contributed by atoms with Crippen LogP contribution >= 0.6 is 0 Å². The van der Waals surface area contributed by atoms with Crippen LogP contribution in [0.5, 0.6) is 0 Å². The zero-order valence-electron chi connectivity index (χ0n) is 14.4.